The number of nitro benzene ring substituents is 1. The lowest BCUT2D eigenvalue weighted by molar-refractivity contribution is -0.385. The van der Waals surface area contributed by atoms with E-state index in [2.05, 4.69) is 10.3 Å². The van der Waals surface area contributed by atoms with E-state index in [-0.39, 0.29) is 18.8 Å². The van der Waals surface area contributed by atoms with Gasteiger partial charge in [0.15, 0.2) is 0 Å². The average Bonchev–Trinajstić information content (AvgIpc) is 2.77. The molecule has 2 aromatic rings. The molecule has 1 aromatic carbocycles. The molecule has 0 aliphatic heterocycles. The molecule has 2 rings (SSSR count). The van der Waals surface area contributed by atoms with E-state index in [1.807, 2.05) is 0 Å². The van der Waals surface area contributed by atoms with Gasteiger partial charge in [0, 0.05) is 30.3 Å². The van der Waals surface area contributed by atoms with E-state index in [9.17, 15) is 10.1 Å². The molecule has 0 atom stereocenters. The zero-order valence-electron chi connectivity index (χ0n) is 9.86. The fraction of sp³-hybridized carbons (Fsp3) is 0.273. The third kappa shape index (κ3) is 3.27. The molecular formula is C11H11ClN4O3. The van der Waals surface area contributed by atoms with Crippen LogP contribution in [0.4, 0.5) is 5.69 Å². The number of halogens is 1. The second-order valence-electron chi connectivity index (χ2n) is 3.91. The highest BCUT2D eigenvalue weighted by atomic mass is 35.5. The summed E-state index contributed by atoms with van der Waals surface area (Å²) in [7, 11) is 0. The summed E-state index contributed by atoms with van der Waals surface area (Å²) < 4.78 is 1.48. The monoisotopic (exact) mass is 282 g/mol. The van der Waals surface area contributed by atoms with Crippen molar-refractivity contribution >= 4 is 17.3 Å². The van der Waals surface area contributed by atoms with E-state index in [1.54, 1.807) is 6.20 Å². The second kappa shape index (κ2) is 5.77. The molecule has 0 saturated carbocycles. The summed E-state index contributed by atoms with van der Waals surface area (Å²) in [5.74, 6) is 0. The lowest BCUT2D eigenvalue weighted by atomic mass is 10.2. The molecule has 0 amide bonds. The molecule has 0 unspecified atom stereocenters. The normalized spacial score (nSPS) is 10.6. The van der Waals surface area contributed by atoms with Crippen molar-refractivity contribution in [3.05, 3.63) is 50.8 Å². The summed E-state index contributed by atoms with van der Waals surface area (Å²) >= 11 is 5.84. The Hall–Kier alpha value is -1.99. The molecule has 0 bridgehead atoms. The first kappa shape index (κ1) is 13.4. The fourth-order valence-corrected chi connectivity index (χ4v) is 1.87. The van der Waals surface area contributed by atoms with Crippen LogP contribution in [-0.4, -0.2) is 31.6 Å². The van der Waals surface area contributed by atoms with Gasteiger partial charge in [0.1, 0.15) is 0 Å². The molecular weight excluding hydrogens is 272 g/mol. The van der Waals surface area contributed by atoms with Gasteiger partial charge in [0.2, 0.25) is 0 Å². The largest absolute Gasteiger partial charge is 0.396 e. The highest BCUT2D eigenvalue weighted by Crippen LogP contribution is 2.23. The van der Waals surface area contributed by atoms with Gasteiger partial charge in [-0.25, -0.2) is 4.68 Å². The van der Waals surface area contributed by atoms with Gasteiger partial charge in [-0.15, -0.1) is 5.10 Å². The van der Waals surface area contributed by atoms with Crippen molar-refractivity contribution in [3.63, 3.8) is 0 Å². The fourth-order valence-electron chi connectivity index (χ4n) is 1.68. The van der Waals surface area contributed by atoms with E-state index in [4.69, 9.17) is 16.7 Å². The van der Waals surface area contributed by atoms with Gasteiger partial charge in [-0.05, 0) is 12.1 Å². The first-order valence-electron chi connectivity index (χ1n) is 5.53. The molecule has 1 N–H and O–H groups in total. The maximum absolute atomic E-state index is 10.9. The van der Waals surface area contributed by atoms with Crippen molar-refractivity contribution in [2.75, 3.05) is 6.61 Å². The van der Waals surface area contributed by atoms with Gasteiger partial charge in [-0.1, -0.05) is 16.8 Å². The van der Waals surface area contributed by atoms with Gasteiger partial charge in [-0.3, -0.25) is 10.1 Å². The van der Waals surface area contributed by atoms with E-state index in [0.717, 1.165) is 0 Å². The molecule has 0 radical (unpaired) electrons. The minimum absolute atomic E-state index is 0.0105. The van der Waals surface area contributed by atoms with Crippen LogP contribution in [0.2, 0.25) is 5.02 Å². The minimum Gasteiger partial charge on any atom is -0.396 e. The Kier molecular flexibility index (Phi) is 4.08. The number of nitrogens with zero attached hydrogens (tertiary/aromatic N) is 4. The Balaban J connectivity index is 2.26. The predicted molar refractivity (Wildman–Crippen MR) is 68.0 cm³/mol. The van der Waals surface area contributed by atoms with Crippen molar-refractivity contribution in [3.8, 4) is 0 Å². The van der Waals surface area contributed by atoms with Crippen LogP contribution in [0.15, 0.2) is 24.4 Å². The van der Waals surface area contributed by atoms with Gasteiger partial charge >= 0.3 is 0 Å². The molecule has 0 aliphatic carbocycles. The quantitative estimate of drug-likeness (QED) is 0.661. The summed E-state index contributed by atoms with van der Waals surface area (Å²) in [4.78, 5) is 10.5. The number of aromatic nitrogens is 3. The highest BCUT2D eigenvalue weighted by Gasteiger charge is 2.15. The SMILES string of the molecule is O=[N+]([O-])c1ccc(Cl)cc1Cn1cc(CCO)nn1. The zero-order chi connectivity index (χ0) is 13.8. The standard InChI is InChI=1S/C11H11ClN4O3/c12-9-1-2-11(16(18)19)8(5-9)6-15-7-10(3-4-17)13-14-15/h1-2,5,7,17H,3-4,6H2. The van der Waals surface area contributed by atoms with Crippen LogP contribution >= 0.6 is 11.6 Å². The number of benzene rings is 1. The van der Waals surface area contributed by atoms with Gasteiger partial charge in [0.25, 0.3) is 5.69 Å². The second-order valence-corrected chi connectivity index (χ2v) is 4.35. The van der Waals surface area contributed by atoms with Crippen molar-refractivity contribution in [2.24, 2.45) is 0 Å². The van der Waals surface area contributed by atoms with Crippen molar-refractivity contribution in [1.29, 1.82) is 0 Å². The zero-order valence-corrected chi connectivity index (χ0v) is 10.6. The Morgan fingerprint density at radius 3 is 2.95 bits per heavy atom. The molecule has 8 heteroatoms. The summed E-state index contributed by atoms with van der Waals surface area (Å²) in [5.41, 5.74) is 1.08. The molecule has 0 saturated heterocycles. The molecule has 7 nitrogen and oxygen atoms in total. The maximum atomic E-state index is 10.9. The number of hydrogen-bond donors (Lipinski definition) is 1. The van der Waals surface area contributed by atoms with E-state index < -0.39 is 4.92 Å². The average molecular weight is 283 g/mol. The van der Waals surface area contributed by atoms with Crippen molar-refractivity contribution in [1.82, 2.24) is 15.0 Å². The van der Waals surface area contributed by atoms with Gasteiger partial charge in [0.05, 0.1) is 22.7 Å². The third-order valence-corrected chi connectivity index (χ3v) is 2.76. The molecule has 1 aromatic heterocycles. The molecule has 0 aliphatic rings. The van der Waals surface area contributed by atoms with Crippen molar-refractivity contribution in [2.45, 2.75) is 13.0 Å². The number of aliphatic hydroxyl groups excluding tert-OH is 1. The number of nitro groups is 1. The molecule has 0 spiro atoms. The molecule has 19 heavy (non-hydrogen) atoms. The summed E-state index contributed by atoms with van der Waals surface area (Å²) in [6.07, 6.45) is 2.04. The van der Waals surface area contributed by atoms with Crippen LogP contribution in [-0.2, 0) is 13.0 Å². The van der Waals surface area contributed by atoms with Crippen LogP contribution in [0, 0.1) is 10.1 Å². The number of aliphatic hydroxyl groups is 1. The Morgan fingerprint density at radius 2 is 2.26 bits per heavy atom. The smallest absolute Gasteiger partial charge is 0.274 e. The Morgan fingerprint density at radius 1 is 1.47 bits per heavy atom. The predicted octanol–water partition coefficient (Wildman–Crippen LogP) is 1.42. The first-order valence-corrected chi connectivity index (χ1v) is 5.90. The Labute approximate surface area is 113 Å². The minimum atomic E-state index is -0.461. The molecule has 100 valence electrons. The van der Waals surface area contributed by atoms with Crippen molar-refractivity contribution < 1.29 is 10.0 Å². The lowest BCUT2D eigenvalue weighted by Crippen LogP contribution is -2.04. The van der Waals surface area contributed by atoms with Crippen LogP contribution < -0.4 is 0 Å². The molecule has 1 heterocycles. The highest BCUT2D eigenvalue weighted by molar-refractivity contribution is 6.30. The number of hydrogen-bond acceptors (Lipinski definition) is 5. The van der Waals surface area contributed by atoms with Crippen LogP contribution in [0.5, 0.6) is 0 Å². The summed E-state index contributed by atoms with van der Waals surface area (Å²) in [6, 6.07) is 4.37. The first-order chi connectivity index (χ1) is 9.10. The van der Waals surface area contributed by atoms with Gasteiger partial charge < -0.3 is 5.11 Å². The van der Waals surface area contributed by atoms with Crippen LogP contribution in [0.1, 0.15) is 11.3 Å². The topological polar surface area (TPSA) is 94.1 Å². The van der Waals surface area contributed by atoms with Crippen LogP contribution in [0.25, 0.3) is 0 Å². The van der Waals surface area contributed by atoms with E-state index >= 15 is 0 Å². The lowest BCUT2D eigenvalue weighted by Gasteiger charge is -2.03. The maximum Gasteiger partial charge on any atom is 0.274 e. The number of rotatable bonds is 5. The summed E-state index contributed by atoms with van der Waals surface area (Å²) in [5, 5.41) is 27.8. The van der Waals surface area contributed by atoms with E-state index in [1.165, 1.54) is 22.9 Å². The summed E-state index contributed by atoms with van der Waals surface area (Å²) in [6.45, 7) is 0.186. The van der Waals surface area contributed by atoms with E-state index in [0.29, 0.717) is 22.7 Å². The van der Waals surface area contributed by atoms with Crippen LogP contribution in [0.3, 0.4) is 0 Å². The third-order valence-electron chi connectivity index (χ3n) is 2.52. The Bertz CT molecular complexity index is 599. The molecule has 0 fully saturated rings. The van der Waals surface area contributed by atoms with Gasteiger partial charge in [-0.2, -0.15) is 0 Å².